The minimum Gasteiger partial charge on any atom is -0.363 e. The molecule has 0 saturated carbocycles. The second-order valence-corrected chi connectivity index (χ2v) is 8.36. The number of nitrogens with zero attached hydrogens (tertiary/aromatic N) is 2. The summed E-state index contributed by atoms with van der Waals surface area (Å²) in [6.45, 7) is 5.36. The number of benzene rings is 2. The zero-order valence-electron chi connectivity index (χ0n) is 16.0. The van der Waals surface area contributed by atoms with Gasteiger partial charge in [-0.1, -0.05) is 6.07 Å². The maximum Gasteiger partial charge on any atom is 0.253 e. The number of hydrogen-bond donors (Lipinski definition) is 0. The van der Waals surface area contributed by atoms with Gasteiger partial charge in [0, 0.05) is 35.9 Å². The largest absolute Gasteiger partial charge is 0.363 e. The van der Waals surface area contributed by atoms with E-state index in [-0.39, 0.29) is 34.8 Å². The highest BCUT2D eigenvalue weighted by atomic mass is 19.2. The topological polar surface area (TPSA) is 23.6 Å². The lowest BCUT2D eigenvalue weighted by Gasteiger charge is -2.42. The maximum absolute atomic E-state index is 13.8. The van der Waals surface area contributed by atoms with Crippen LogP contribution < -0.4 is 4.90 Å². The Bertz CT molecular complexity index is 914. The Morgan fingerprint density at radius 2 is 1.86 bits per heavy atom. The van der Waals surface area contributed by atoms with Crippen LogP contribution in [0.15, 0.2) is 42.5 Å². The lowest BCUT2D eigenvalue weighted by Crippen LogP contribution is -2.50. The third-order valence-corrected chi connectivity index (χ3v) is 5.98. The first kappa shape index (κ1) is 18.8. The summed E-state index contributed by atoms with van der Waals surface area (Å²) in [5.74, 6) is -2.28. The summed E-state index contributed by atoms with van der Waals surface area (Å²) in [4.78, 5) is 16.8. The molecule has 2 aliphatic rings. The molecule has 2 aliphatic heterocycles. The lowest BCUT2D eigenvalue weighted by molar-refractivity contribution is 0.0667. The Labute approximate surface area is 162 Å². The summed E-state index contributed by atoms with van der Waals surface area (Å²) in [5.41, 5.74) is 0.860. The van der Waals surface area contributed by atoms with Crippen LogP contribution in [-0.2, 0) is 0 Å². The maximum atomic E-state index is 13.8. The quantitative estimate of drug-likeness (QED) is 0.749. The van der Waals surface area contributed by atoms with Gasteiger partial charge >= 0.3 is 0 Å². The first-order valence-electron chi connectivity index (χ1n) is 9.55. The van der Waals surface area contributed by atoms with Crippen LogP contribution in [0.3, 0.4) is 0 Å². The van der Waals surface area contributed by atoms with Gasteiger partial charge in [0.1, 0.15) is 5.82 Å². The van der Waals surface area contributed by atoms with E-state index in [4.69, 9.17) is 0 Å². The van der Waals surface area contributed by atoms with Crippen LogP contribution in [0.4, 0.5) is 18.9 Å². The fraction of sp³-hybridized carbons (Fsp3) is 0.409. The van der Waals surface area contributed by atoms with Crippen molar-refractivity contribution in [3.63, 3.8) is 0 Å². The third-order valence-electron chi connectivity index (χ3n) is 5.98. The number of piperidine rings is 1. The first-order chi connectivity index (χ1) is 13.3. The molecule has 2 aromatic carbocycles. The molecular formula is C22H23F3N2O. The third kappa shape index (κ3) is 3.25. The Hall–Kier alpha value is -2.50. The molecule has 2 saturated heterocycles. The fourth-order valence-corrected chi connectivity index (χ4v) is 4.91. The highest BCUT2D eigenvalue weighted by Crippen LogP contribution is 2.44. The summed E-state index contributed by atoms with van der Waals surface area (Å²) in [7, 11) is 0. The number of rotatable bonds is 2. The van der Waals surface area contributed by atoms with Crippen molar-refractivity contribution in [3.8, 4) is 0 Å². The van der Waals surface area contributed by atoms with Crippen molar-refractivity contribution in [2.24, 2.45) is 5.92 Å². The molecule has 1 amide bonds. The van der Waals surface area contributed by atoms with Crippen molar-refractivity contribution < 1.29 is 18.0 Å². The van der Waals surface area contributed by atoms with E-state index < -0.39 is 11.6 Å². The van der Waals surface area contributed by atoms with Crippen LogP contribution >= 0.6 is 0 Å². The van der Waals surface area contributed by atoms with E-state index in [0.717, 1.165) is 30.7 Å². The van der Waals surface area contributed by atoms with Gasteiger partial charge in [0.05, 0.1) is 0 Å². The zero-order chi connectivity index (χ0) is 20.1. The van der Waals surface area contributed by atoms with E-state index in [1.807, 2.05) is 6.07 Å². The van der Waals surface area contributed by atoms with Crippen molar-refractivity contribution >= 4 is 11.6 Å². The van der Waals surface area contributed by atoms with E-state index in [1.54, 1.807) is 17.0 Å². The molecular weight excluding hydrogens is 365 g/mol. The number of anilines is 1. The van der Waals surface area contributed by atoms with Gasteiger partial charge in [0.25, 0.3) is 5.91 Å². The number of carbonyl (C=O) groups excluding carboxylic acids is 1. The van der Waals surface area contributed by atoms with E-state index in [2.05, 4.69) is 18.7 Å². The van der Waals surface area contributed by atoms with Crippen LogP contribution in [0.1, 0.15) is 37.0 Å². The van der Waals surface area contributed by atoms with Crippen LogP contribution in [0.25, 0.3) is 0 Å². The highest BCUT2D eigenvalue weighted by Gasteiger charge is 2.48. The van der Waals surface area contributed by atoms with Gasteiger partial charge in [0.15, 0.2) is 11.6 Å². The Morgan fingerprint density at radius 1 is 1.07 bits per heavy atom. The van der Waals surface area contributed by atoms with Crippen LogP contribution in [-0.4, -0.2) is 35.5 Å². The van der Waals surface area contributed by atoms with Gasteiger partial charge in [0.2, 0.25) is 0 Å². The molecule has 28 heavy (non-hydrogen) atoms. The number of fused-ring (bicyclic) bond motifs is 1. The molecule has 0 bridgehead atoms. The summed E-state index contributed by atoms with van der Waals surface area (Å²) in [6, 6.07) is 10.1. The minimum absolute atomic E-state index is 0.163. The second kappa shape index (κ2) is 6.83. The van der Waals surface area contributed by atoms with Crippen LogP contribution in [0.2, 0.25) is 0 Å². The lowest BCUT2D eigenvalue weighted by atomic mass is 9.89. The Balaban J connectivity index is 1.55. The Kier molecular flexibility index (Phi) is 4.60. The van der Waals surface area contributed by atoms with Gasteiger partial charge in [-0.15, -0.1) is 0 Å². The summed E-state index contributed by atoms with van der Waals surface area (Å²) in [6.07, 6.45) is 1.62. The van der Waals surface area contributed by atoms with Crippen LogP contribution in [0, 0.1) is 23.4 Å². The van der Waals surface area contributed by atoms with Gasteiger partial charge in [-0.05, 0) is 69.0 Å². The normalized spacial score (nSPS) is 23.6. The average Bonchev–Trinajstić information content (AvgIpc) is 2.92. The standard InChI is InChI=1S/C22H23F3N2O/c1-22(2)12-15-13-26(21(28)14-6-7-18(24)19(25)10-14)9-8-20(15)27(22)17-5-3-4-16(23)11-17/h3-7,10-11,15,20H,8-9,12-13H2,1-2H3/t15-,20+/m1/s1. The van der Waals surface area contributed by atoms with Crippen molar-refractivity contribution in [2.45, 2.75) is 38.3 Å². The van der Waals surface area contributed by atoms with Gasteiger partial charge < -0.3 is 9.80 Å². The minimum atomic E-state index is -1.01. The van der Waals surface area contributed by atoms with Crippen molar-refractivity contribution in [2.75, 3.05) is 18.0 Å². The number of hydrogen-bond acceptors (Lipinski definition) is 2. The molecule has 2 fully saturated rings. The average molecular weight is 388 g/mol. The van der Waals surface area contributed by atoms with Gasteiger partial charge in [-0.25, -0.2) is 13.2 Å². The van der Waals surface area contributed by atoms with E-state index in [0.29, 0.717) is 13.1 Å². The molecule has 4 rings (SSSR count). The zero-order valence-corrected chi connectivity index (χ0v) is 16.0. The monoisotopic (exact) mass is 388 g/mol. The Morgan fingerprint density at radius 3 is 2.57 bits per heavy atom. The number of likely N-dealkylation sites (tertiary alicyclic amines) is 1. The summed E-state index contributed by atoms with van der Waals surface area (Å²) < 4.78 is 40.5. The number of amides is 1. The predicted molar refractivity (Wildman–Crippen MR) is 102 cm³/mol. The van der Waals surface area contributed by atoms with Crippen molar-refractivity contribution in [1.82, 2.24) is 4.90 Å². The van der Waals surface area contributed by atoms with Gasteiger partial charge in [-0.2, -0.15) is 0 Å². The first-order valence-corrected chi connectivity index (χ1v) is 9.55. The van der Waals surface area contributed by atoms with E-state index in [9.17, 15) is 18.0 Å². The summed E-state index contributed by atoms with van der Waals surface area (Å²) >= 11 is 0. The molecule has 2 aromatic rings. The number of carbonyl (C=O) groups is 1. The fourth-order valence-electron chi connectivity index (χ4n) is 4.91. The van der Waals surface area contributed by atoms with E-state index in [1.165, 1.54) is 12.1 Å². The molecule has 2 heterocycles. The second-order valence-electron chi connectivity index (χ2n) is 8.36. The molecule has 0 unspecified atom stereocenters. The van der Waals surface area contributed by atoms with Crippen LogP contribution in [0.5, 0.6) is 0 Å². The molecule has 0 aromatic heterocycles. The van der Waals surface area contributed by atoms with E-state index >= 15 is 0 Å². The van der Waals surface area contributed by atoms with Gasteiger partial charge in [-0.3, -0.25) is 4.79 Å². The summed E-state index contributed by atoms with van der Waals surface area (Å²) in [5, 5.41) is 0. The van der Waals surface area contributed by atoms with Crippen molar-refractivity contribution in [3.05, 3.63) is 65.5 Å². The highest BCUT2D eigenvalue weighted by molar-refractivity contribution is 5.94. The molecule has 148 valence electrons. The molecule has 0 aliphatic carbocycles. The molecule has 0 N–H and O–H groups in total. The SMILES string of the molecule is CC1(C)C[C@@H]2CN(C(=O)c3ccc(F)c(F)c3)CC[C@@H]2N1c1cccc(F)c1. The number of halogens is 3. The molecule has 2 atom stereocenters. The molecule has 0 spiro atoms. The predicted octanol–water partition coefficient (Wildman–Crippen LogP) is 4.62. The molecule has 6 heteroatoms. The molecule has 3 nitrogen and oxygen atoms in total. The molecule has 0 radical (unpaired) electrons. The smallest absolute Gasteiger partial charge is 0.253 e. The van der Waals surface area contributed by atoms with Crippen molar-refractivity contribution in [1.29, 1.82) is 0 Å².